The maximum absolute atomic E-state index is 5.93. The molecule has 0 aliphatic heterocycles. The monoisotopic (exact) mass is 286 g/mol. The van der Waals surface area contributed by atoms with E-state index in [0.717, 1.165) is 22.7 Å². The lowest BCUT2D eigenvalue weighted by Gasteiger charge is -2.20. The van der Waals surface area contributed by atoms with Crippen molar-refractivity contribution in [2.45, 2.75) is 13.0 Å². The van der Waals surface area contributed by atoms with Gasteiger partial charge in [0.15, 0.2) is 0 Å². The SMILES string of the molecule is COc1cc(OC)cc(C(CN)Nc2cccc(C)c2)c1. The standard InChI is InChI=1S/C17H22N2O2/c1-12-5-4-6-14(7-12)19-17(11-18)13-8-15(20-2)10-16(9-13)21-3/h4-10,17,19H,11,18H2,1-3H3. The zero-order valence-electron chi connectivity index (χ0n) is 12.7. The van der Waals surface area contributed by atoms with Gasteiger partial charge in [-0.25, -0.2) is 0 Å². The minimum absolute atomic E-state index is 0.00389. The third-order valence-electron chi connectivity index (χ3n) is 3.37. The Morgan fingerprint density at radius 2 is 1.71 bits per heavy atom. The molecule has 0 saturated heterocycles. The van der Waals surface area contributed by atoms with Crippen LogP contribution in [0.25, 0.3) is 0 Å². The summed E-state index contributed by atoms with van der Waals surface area (Å²) in [6.45, 7) is 2.54. The van der Waals surface area contributed by atoms with E-state index in [1.54, 1.807) is 14.2 Å². The number of methoxy groups -OCH3 is 2. The van der Waals surface area contributed by atoms with Gasteiger partial charge in [-0.2, -0.15) is 0 Å². The number of nitrogens with two attached hydrogens (primary N) is 1. The lowest BCUT2D eigenvalue weighted by Crippen LogP contribution is -2.20. The Hall–Kier alpha value is -2.20. The van der Waals surface area contributed by atoms with Crippen molar-refractivity contribution < 1.29 is 9.47 Å². The summed E-state index contributed by atoms with van der Waals surface area (Å²) in [5, 5.41) is 3.45. The predicted molar refractivity (Wildman–Crippen MR) is 86.1 cm³/mol. The molecule has 2 rings (SSSR count). The van der Waals surface area contributed by atoms with Crippen LogP contribution in [0.5, 0.6) is 11.5 Å². The van der Waals surface area contributed by atoms with E-state index in [-0.39, 0.29) is 6.04 Å². The molecule has 4 heteroatoms. The van der Waals surface area contributed by atoms with Gasteiger partial charge in [0.25, 0.3) is 0 Å². The van der Waals surface area contributed by atoms with Crippen LogP contribution in [0.4, 0.5) is 5.69 Å². The Morgan fingerprint density at radius 1 is 1.05 bits per heavy atom. The summed E-state index contributed by atoms with van der Waals surface area (Å²) in [5.74, 6) is 1.52. The van der Waals surface area contributed by atoms with Crippen LogP contribution in [0.2, 0.25) is 0 Å². The minimum Gasteiger partial charge on any atom is -0.497 e. The fraction of sp³-hybridized carbons (Fsp3) is 0.294. The third kappa shape index (κ3) is 3.89. The van der Waals surface area contributed by atoms with E-state index in [4.69, 9.17) is 15.2 Å². The summed E-state index contributed by atoms with van der Waals surface area (Å²) >= 11 is 0. The topological polar surface area (TPSA) is 56.5 Å². The minimum atomic E-state index is -0.00389. The Morgan fingerprint density at radius 3 is 2.24 bits per heavy atom. The number of hydrogen-bond donors (Lipinski definition) is 2. The molecular weight excluding hydrogens is 264 g/mol. The highest BCUT2D eigenvalue weighted by Gasteiger charge is 2.12. The van der Waals surface area contributed by atoms with Gasteiger partial charge in [0, 0.05) is 18.3 Å². The number of nitrogens with one attached hydrogen (secondary N) is 1. The fourth-order valence-corrected chi connectivity index (χ4v) is 2.25. The first-order chi connectivity index (χ1) is 10.2. The molecular formula is C17H22N2O2. The summed E-state index contributed by atoms with van der Waals surface area (Å²) < 4.78 is 10.6. The number of benzene rings is 2. The quantitative estimate of drug-likeness (QED) is 0.856. The molecule has 3 N–H and O–H groups in total. The average Bonchev–Trinajstić information content (AvgIpc) is 2.52. The Labute approximate surface area is 125 Å². The summed E-state index contributed by atoms with van der Waals surface area (Å²) in [6.07, 6.45) is 0. The number of aryl methyl sites for hydroxylation is 1. The largest absolute Gasteiger partial charge is 0.497 e. The Bertz CT molecular complexity index is 577. The lowest BCUT2D eigenvalue weighted by atomic mass is 10.1. The number of ether oxygens (including phenoxy) is 2. The average molecular weight is 286 g/mol. The van der Waals surface area contributed by atoms with Crippen molar-refractivity contribution in [1.29, 1.82) is 0 Å². The molecule has 4 nitrogen and oxygen atoms in total. The van der Waals surface area contributed by atoms with Crippen molar-refractivity contribution in [3.8, 4) is 11.5 Å². The zero-order chi connectivity index (χ0) is 15.2. The Balaban J connectivity index is 2.28. The molecule has 0 amide bonds. The molecule has 2 aromatic carbocycles. The highest BCUT2D eigenvalue weighted by Crippen LogP contribution is 2.28. The third-order valence-corrected chi connectivity index (χ3v) is 3.37. The fourth-order valence-electron chi connectivity index (χ4n) is 2.25. The van der Waals surface area contributed by atoms with E-state index >= 15 is 0 Å². The smallest absolute Gasteiger partial charge is 0.122 e. The van der Waals surface area contributed by atoms with Gasteiger partial charge in [-0.1, -0.05) is 12.1 Å². The number of hydrogen-bond acceptors (Lipinski definition) is 4. The van der Waals surface area contributed by atoms with Crippen LogP contribution < -0.4 is 20.5 Å². The summed E-state index contributed by atoms with van der Waals surface area (Å²) in [7, 11) is 3.29. The molecule has 2 aromatic rings. The van der Waals surface area contributed by atoms with Crippen LogP contribution in [0.15, 0.2) is 42.5 Å². The van der Waals surface area contributed by atoms with E-state index in [2.05, 4.69) is 24.4 Å². The first-order valence-electron chi connectivity index (χ1n) is 6.92. The van der Waals surface area contributed by atoms with Gasteiger partial charge >= 0.3 is 0 Å². The van der Waals surface area contributed by atoms with Crippen LogP contribution in [0.3, 0.4) is 0 Å². The molecule has 0 radical (unpaired) electrons. The second-order valence-corrected chi connectivity index (χ2v) is 4.95. The van der Waals surface area contributed by atoms with Gasteiger partial charge in [0.05, 0.1) is 20.3 Å². The normalized spacial score (nSPS) is 11.8. The van der Waals surface area contributed by atoms with Crippen molar-refractivity contribution >= 4 is 5.69 Å². The maximum atomic E-state index is 5.93. The van der Waals surface area contributed by atoms with Crippen molar-refractivity contribution in [1.82, 2.24) is 0 Å². The summed E-state index contributed by atoms with van der Waals surface area (Å²) in [4.78, 5) is 0. The van der Waals surface area contributed by atoms with E-state index in [1.165, 1.54) is 5.56 Å². The number of anilines is 1. The van der Waals surface area contributed by atoms with Gasteiger partial charge in [-0.05, 0) is 42.3 Å². The van der Waals surface area contributed by atoms with Gasteiger partial charge in [0.1, 0.15) is 11.5 Å². The van der Waals surface area contributed by atoms with Crippen LogP contribution >= 0.6 is 0 Å². The molecule has 0 aromatic heterocycles. The van der Waals surface area contributed by atoms with Crippen molar-refractivity contribution in [3.05, 3.63) is 53.6 Å². The summed E-state index contributed by atoms with van der Waals surface area (Å²) in [5.41, 5.74) is 9.22. The Kier molecular flexibility index (Phi) is 5.06. The second-order valence-electron chi connectivity index (χ2n) is 4.95. The number of rotatable bonds is 6. The molecule has 0 aliphatic rings. The molecule has 112 valence electrons. The van der Waals surface area contributed by atoms with E-state index < -0.39 is 0 Å². The molecule has 0 bridgehead atoms. The first kappa shape index (κ1) is 15.2. The second kappa shape index (κ2) is 6.99. The van der Waals surface area contributed by atoms with Crippen LogP contribution in [0.1, 0.15) is 17.2 Å². The van der Waals surface area contributed by atoms with Gasteiger partial charge in [0.2, 0.25) is 0 Å². The molecule has 0 spiro atoms. The van der Waals surface area contributed by atoms with Crippen molar-refractivity contribution in [2.75, 3.05) is 26.1 Å². The van der Waals surface area contributed by atoms with E-state index in [0.29, 0.717) is 6.54 Å². The molecule has 0 saturated carbocycles. The van der Waals surface area contributed by atoms with Crippen LogP contribution in [0, 0.1) is 6.92 Å². The van der Waals surface area contributed by atoms with Crippen LogP contribution in [-0.2, 0) is 0 Å². The molecule has 0 heterocycles. The molecule has 1 atom stereocenters. The highest BCUT2D eigenvalue weighted by molar-refractivity contribution is 5.49. The molecule has 0 aliphatic carbocycles. The lowest BCUT2D eigenvalue weighted by molar-refractivity contribution is 0.393. The van der Waals surface area contributed by atoms with Gasteiger partial charge in [-0.3, -0.25) is 0 Å². The van der Waals surface area contributed by atoms with E-state index in [9.17, 15) is 0 Å². The molecule has 21 heavy (non-hydrogen) atoms. The maximum Gasteiger partial charge on any atom is 0.122 e. The highest BCUT2D eigenvalue weighted by atomic mass is 16.5. The summed E-state index contributed by atoms with van der Waals surface area (Å²) in [6, 6.07) is 14.0. The zero-order valence-corrected chi connectivity index (χ0v) is 12.7. The van der Waals surface area contributed by atoms with E-state index in [1.807, 2.05) is 30.3 Å². The molecule has 1 unspecified atom stereocenters. The van der Waals surface area contributed by atoms with Gasteiger partial charge in [-0.15, -0.1) is 0 Å². The predicted octanol–water partition coefficient (Wildman–Crippen LogP) is 3.12. The van der Waals surface area contributed by atoms with Gasteiger partial charge < -0.3 is 20.5 Å². The van der Waals surface area contributed by atoms with Crippen molar-refractivity contribution in [2.24, 2.45) is 5.73 Å². The molecule has 0 fully saturated rings. The first-order valence-corrected chi connectivity index (χ1v) is 6.92. The van der Waals surface area contributed by atoms with Crippen LogP contribution in [-0.4, -0.2) is 20.8 Å². The van der Waals surface area contributed by atoms with Crippen molar-refractivity contribution in [3.63, 3.8) is 0 Å².